The molecule has 4 heteroatoms. The second-order valence-corrected chi connectivity index (χ2v) is 5.21. The monoisotopic (exact) mass is 211 g/mol. The average molecular weight is 211 g/mol. The molecule has 1 unspecified atom stereocenters. The van der Waals surface area contributed by atoms with Gasteiger partial charge in [-0.05, 0) is 29.8 Å². The lowest BCUT2D eigenvalue weighted by Crippen LogP contribution is -2.23. The van der Waals surface area contributed by atoms with E-state index in [2.05, 4.69) is 23.1 Å². The fourth-order valence-corrected chi connectivity index (χ4v) is 2.62. The number of hydrogen-bond acceptors (Lipinski definition) is 4. The van der Waals surface area contributed by atoms with Crippen LogP contribution in [-0.4, -0.2) is 17.5 Å². The Morgan fingerprint density at radius 3 is 3.00 bits per heavy atom. The molecule has 14 heavy (non-hydrogen) atoms. The van der Waals surface area contributed by atoms with Gasteiger partial charge in [0.15, 0.2) is 0 Å². The summed E-state index contributed by atoms with van der Waals surface area (Å²) in [4.78, 5) is 2.40. The summed E-state index contributed by atoms with van der Waals surface area (Å²) in [5, 5.41) is 1.22. The highest BCUT2D eigenvalue weighted by atomic mass is 32.1. The van der Waals surface area contributed by atoms with Gasteiger partial charge in [0.2, 0.25) is 0 Å². The normalized spacial score (nSPS) is 27.1. The quantitative estimate of drug-likeness (QED) is 0.816. The van der Waals surface area contributed by atoms with E-state index in [9.17, 15) is 0 Å². The first-order valence-corrected chi connectivity index (χ1v) is 5.87. The SMILES string of the molecule is CCC1(C)CCN(c2cc(N)ns2)C1. The Morgan fingerprint density at radius 1 is 1.71 bits per heavy atom. The molecule has 0 radical (unpaired) electrons. The molecule has 0 aliphatic carbocycles. The van der Waals surface area contributed by atoms with E-state index in [0.29, 0.717) is 11.2 Å². The van der Waals surface area contributed by atoms with Crippen molar-refractivity contribution >= 4 is 22.4 Å². The van der Waals surface area contributed by atoms with E-state index >= 15 is 0 Å². The molecule has 1 atom stereocenters. The molecule has 2 N–H and O–H groups in total. The maximum Gasteiger partial charge on any atom is 0.139 e. The van der Waals surface area contributed by atoms with Gasteiger partial charge in [0.05, 0.1) is 0 Å². The summed E-state index contributed by atoms with van der Waals surface area (Å²) < 4.78 is 4.11. The smallest absolute Gasteiger partial charge is 0.139 e. The second kappa shape index (κ2) is 3.42. The molecule has 0 aromatic carbocycles. The van der Waals surface area contributed by atoms with E-state index < -0.39 is 0 Å². The predicted octanol–water partition coefficient (Wildman–Crippen LogP) is 2.35. The van der Waals surface area contributed by atoms with Gasteiger partial charge in [0.25, 0.3) is 0 Å². The maximum atomic E-state index is 5.62. The van der Waals surface area contributed by atoms with Crippen LogP contribution >= 0.6 is 11.5 Å². The number of anilines is 2. The Morgan fingerprint density at radius 2 is 2.50 bits per heavy atom. The van der Waals surface area contributed by atoms with Crippen molar-refractivity contribution in [1.29, 1.82) is 0 Å². The number of rotatable bonds is 2. The summed E-state index contributed by atoms with van der Waals surface area (Å²) in [7, 11) is 0. The molecule has 1 fully saturated rings. The zero-order valence-corrected chi connectivity index (χ0v) is 9.60. The third-order valence-corrected chi connectivity index (χ3v) is 4.10. The Hall–Kier alpha value is -0.770. The Kier molecular flexibility index (Phi) is 2.39. The molecule has 0 amide bonds. The van der Waals surface area contributed by atoms with Crippen LogP contribution in [0.2, 0.25) is 0 Å². The van der Waals surface area contributed by atoms with Gasteiger partial charge in [0.1, 0.15) is 10.8 Å². The van der Waals surface area contributed by atoms with Gasteiger partial charge in [-0.2, -0.15) is 4.37 Å². The Labute approximate surface area is 89.1 Å². The molecular weight excluding hydrogens is 194 g/mol. The largest absolute Gasteiger partial charge is 0.383 e. The minimum atomic E-state index is 0.485. The number of hydrogen-bond donors (Lipinski definition) is 1. The summed E-state index contributed by atoms with van der Waals surface area (Å²) in [5.74, 6) is 0.648. The number of nitrogens with zero attached hydrogens (tertiary/aromatic N) is 2. The van der Waals surface area contributed by atoms with E-state index in [4.69, 9.17) is 5.73 Å². The summed E-state index contributed by atoms with van der Waals surface area (Å²) >= 11 is 1.51. The van der Waals surface area contributed by atoms with Gasteiger partial charge < -0.3 is 10.6 Å². The van der Waals surface area contributed by atoms with Gasteiger partial charge >= 0.3 is 0 Å². The molecule has 2 heterocycles. The molecule has 0 saturated carbocycles. The first kappa shape index (κ1) is 9.77. The lowest BCUT2D eigenvalue weighted by Gasteiger charge is -2.22. The van der Waals surface area contributed by atoms with E-state index in [1.807, 2.05) is 6.07 Å². The van der Waals surface area contributed by atoms with Gasteiger partial charge in [-0.1, -0.05) is 13.8 Å². The molecule has 1 aliphatic rings. The van der Waals surface area contributed by atoms with Crippen LogP contribution in [0.3, 0.4) is 0 Å². The number of nitrogens with two attached hydrogens (primary N) is 1. The van der Waals surface area contributed by atoms with E-state index in [1.54, 1.807) is 0 Å². The van der Waals surface area contributed by atoms with Gasteiger partial charge in [-0.15, -0.1) is 0 Å². The van der Waals surface area contributed by atoms with Crippen molar-refractivity contribution < 1.29 is 0 Å². The van der Waals surface area contributed by atoms with Crippen molar-refractivity contribution in [3.05, 3.63) is 6.07 Å². The highest BCUT2D eigenvalue weighted by Crippen LogP contribution is 2.37. The maximum absolute atomic E-state index is 5.62. The van der Waals surface area contributed by atoms with Crippen LogP contribution in [-0.2, 0) is 0 Å². The van der Waals surface area contributed by atoms with Crippen LogP contribution in [0.15, 0.2) is 6.07 Å². The fourth-order valence-electron chi connectivity index (χ4n) is 1.93. The fraction of sp³-hybridized carbons (Fsp3) is 0.700. The molecule has 3 nitrogen and oxygen atoms in total. The van der Waals surface area contributed by atoms with Crippen LogP contribution in [0.25, 0.3) is 0 Å². The van der Waals surface area contributed by atoms with E-state index in [1.165, 1.54) is 29.4 Å². The van der Waals surface area contributed by atoms with Crippen LogP contribution in [0.5, 0.6) is 0 Å². The average Bonchev–Trinajstić information content (AvgIpc) is 2.73. The molecule has 0 bridgehead atoms. The summed E-state index contributed by atoms with van der Waals surface area (Å²) in [6.45, 7) is 6.92. The number of aromatic nitrogens is 1. The molecule has 1 saturated heterocycles. The van der Waals surface area contributed by atoms with Crippen LogP contribution in [0.1, 0.15) is 26.7 Å². The lowest BCUT2D eigenvalue weighted by molar-refractivity contribution is 0.355. The van der Waals surface area contributed by atoms with Crippen molar-refractivity contribution in [3.63, 3.8) is 0 Å². The van der Waals surface area contributed by atoms with E-state index in [0.717, 1.165) is 13.1 Å². The molecular formula is C10H17N3S. The number of nitrogen functional groups attached to an aromatic ring is 1. The summed E-state index contributed by atoms with van der Waals surface area (Å²) in [6, 6.07) is 1.98. The summed E-state index contributed by atoms with van der Waals surface area (Å²) in [6.07, 6.45) is 2.53. The first-order valence-electron chi connectivity index (χ1n) is 5.10. The molecule has 1 aliphatic heterocycles. The van der Waals surface area contributed by atoms with Crippen molar-refractivity contribution in [2.45, 2.75) is 26.7 Å². The van der Waals surface area contributed by atoms with E-state index in [-0.39, 0.29) is 0 Å². The molecule has 78 valence electrons. The minimum Gasteiger partial charge on any atom is -0.383 e. The van der Waals surface area contributed by atoms with Crippen molar-refractivity contribution in [1.82, 2.24) is 4.37 Å². The van der Waals surface area contributed by atoms with Crippen LogP contribution in [0, 0.1) is 5.41 Å². The second-order valence-electron chi connectivity index (χ2n) is 4.43. The minimum absolute atomic E-state index is 0.485. The zero-order valence-electron chi connectivity index (χ0n) is 8.79. The summed E-state index contributed by atoms with van der Waals surface area (Å²) in [5.41, 5.74) is 6.10. The molecule has 1 aromatic heterocycles. The standard InChI is InChI=1S/C10H17N3S/c1-3-10(2)4-5-13(7-10)9-6-8(11)12-14-9/h6H,3-5,7H2,1-2H3,(H2,11,12). The zero-order chi connectivity index (χ0) is 10.2. The van der Waals surface area contributed by atoms with Crippen molar-refractivity contribution in [2.24, 2.45) is 5.41 Å². The first-order chi connectivity index (χ1) is 6.63. The van der Waals surface area contributed by atoms with Crippen molar-refractivity contribution in [3.8, 4) is 0 Å². The topological polar surface area (TPSA) is 42.1 Å². The van der Waals surface area contributed by atoms with Crippen LogP contribution < -0.4 is 10.6 Å². The molecule has 2 rings (SSSR count). The molecule has 0 spiro atoms. The predicted molar refractivity (Wildman–Crippen MR) is 61.8 cm³/mol. The van der Waals surface area contributed by atoms with Gasteiger partial charge in [-0.25, -0.2) is 0 Å². The molecule has 1 aromatic rings. The third kappa shape index (κ3) is 1.71. The lowest BCUT2D eigenvalue weighted by atomic mass is 9.87. The van der Waals surface area contributed by atoms with Gasteiger partial charge in [-0.3, -0.25) is 0 Å². The highest BCUT2D eigenvalue weighted by molar-refractivity contribution is 7.10. The van der Waals surface area contributed by atoms with Gasteiger partial charge in [0, 0.05) is 19.2 Å². The Bertz CT molecular complexity index is 323. The van der Waals surface area contributed by atoms with Crippen LogP contribution in [0.4, 0.5) is 10.8 Å². The highest BCUT2D eigenvalue weighted by Gasteiger charge is 2.32. The third-order valence-electron chi connectivity index (χ3n) is 3.24. The Balaban J connectivity index is 2.09. The van der Waals surface area contributed by atoms with Crippen molar-refractivity contribution in [2.75, 3.05) is 23.7 Å².